The Morgan fingerprint density at radius 1 is 1.24 bits per heavy atom. The van der Waals surface area contributed by atoms with Crippen molar-refractivity contribution in [3.05, 3.63) is 55.1 Å². The summed E-state index contributed by atoms with van der Waals surface area (Å²) in [5.74, 6) is 2.25. The van der Waals surface area contributed by atoms with Gasteiger partial charge in [-0.25, -0.2) is 14.6 Å². The van der Waals surface area contributed by atoms with E-state index in [4.69, 9.17) is 4.74 Å². The molecule has 3 heterocycles. The van der Waals surface area contributed by atoms with E-state index < -0.39 is 0 Å². The van der Waals surface area contributed by atoms with E-state index >= 15 is 0 Å². The predicted molar refractivity (Wildman–Crippen MR) is 110 cm³/mol. The van der Waals surface area contributed by atoms with Crippen molar-refractivity contribution in [2.75, 3.05) is 29.9 Å². The molecule has 1 fully saturated rings. The molecule has 0 radical (unpaired) electrons. The SMILES string of the molecule is CCOc1ccc(NC(=O)C2CCCN(c3cc(-n4cccn4)ncn3)C2)cc1. The highest BCUT2D eigenvalue weighted by molar-refractivity contribution is 5.93. The van der Waals surface area contributed by atoms with Crippen molar-refractivity contribution < 1.29 is 9.53 Å². The molecule has 1 amide bonds. The number of piperidine rings is 1. The zero-order valence-electron chi connectivity index (χ0n) is 16.4. The van der Waals surface area contributed by atoms with Gasteiger partial charge in [-0.05, 0) is 50.1 Å². The lowest BCUT2D eigenvalue weighted by Crippen LogP contribution is -2.41. The van der Waals surface area contributed by atoms with Gasteiger partial charge < -0.3 is 15.0 Å². The van der Waals surface area contributed by atoms with Crippen molar-refractivity contribution in [2.45, 2.75) is 19.8 Å². The number of ether oxygens (including phenoxy) is 1. The van der Waals surface area contributed by atoms with Gasteiger partial charge in [-0.15, -0.1) is 0 Å². The summed E-state index contributed by atoms with van der Waals surface area (Å²) in [5, 5.41) is 7.23. The fraction of sp³-hybridized carbons (Fsp3) is 0.333. The minimum absolute atomic E-state index is 0.0280. The van der Waals surface area contributed by atoms with Crippen molar-refractivity contribution in [3.63, 3.8) is 0 Å². The zero-order valence-corrected chi connectivity index (χ0v) is 16.4. The normalized spacial score (nSPS) is 16.4. The summed E-state index contributed by atoms with van der Waals surface area (Å²) in [6.07, 6.45) is 6.88. The number of hydrogen-bond acceptors (Lipinski definition) is 6. The third-order valence-corrected chi connectivity index (χ3v) is 4.93. The standard InChI is InChI=1S/C21H24N6O2/c1-2-29-18-8-6-17(7-9-18)25-21(28)16-5-3-11-26(14-16)19-13-20(23-15-22-19)27-12-4-10-24-27/h4,6-10,12-13,15-16H,2-3,5,11,14H2,1H3,(H,25,28). The van der Waals surface area contributed by atoms with Crippen LogP contribution >= 0.6 is 0 Å². The van der Waals surface area contributed by atoms with Crippen LogP contribution < -0.4 is 15.0 Å². The second-order valence-corrected chi connectivity index (χ2v) is 6.92. The lowest BCUT2D eigenvalue weighted by Gasteiger charge is -2.32. The summed E-state index contributed by atoms with van der Waals surface area (Å²) in [4.78, 5) is 23.6. The summed E-state index contributed by atoms with van der Waals surface area (Å²) < 4.78 is 7.14. The minimum Gasteiger partial charge on any atom is -0.494 e. The number of amides is 1. The minimum atomic E-state index is -0.0987. The number of aromatic nitrogens is 4. The maximum atomic E-state index is 12.8. The lowest BCUT2D eigenvalue weighted by atomic mass is 9.97. The quantitative estimate of drug-likeness (QED) is 0.694. The van der Waals surface area contributed by atoms with E-state index in [0.29, 0.717) is 19.0 Å². The van der Waals surface area contributed by atoms with Gasteiger partial charge in [0.05, 0.1) is 12.5 Å². The molecule has 0 saturated carbocycles. The average molecular weight is 392 g/mol. The number of rotatable bonds is 6. The number of carbonyl (C=O) groups excluding carboxylic acids is 1. The third kappa shape index (κ3) is 4.53. The van der Waals surface area contributed by atoms with Crippen LogP contribution in [0.4, 0.5) is 11.5 Å². The zero-order chi connectivity index (χ0) is 20.1. The summed E-state index contributed by atoms with van der Waals surface area (Å²) >= 11 is 0. The molecule has 0 bridgehead atoms. The fourth-order valence-electron chi connectivity index (χ4n) is 3.48. The molecule has 0 spiro atoms. The Kier molecular flexibility index (Phi) is 5.69. The highest BCUT2D eigenvalue weighted by atomic mass is 16.5. The van der Waals surface area contributed by atoms with Crippen LogP contribution in [0, 0.1) is 5.92 Å². The van der Waals surface area contributed by atoms with E-state index in [1.807, 2.05) is 49.5 Å². The Hall–Kier alpha value is -3.42. The molecule has 8 nitrogen and oxygen atoms in total. The van der Waals surface area contributed by atoms with Crippen LogP contribution in [-0.4, -0.2) is 45.4 Å². The Bertz CT molecular complexity index is 942. The van der Waals surface area contributed by atoms with Gasteiger partial charge in [-0.2, -0.15) is 5.10 Å². The molecule has 2 aromatic heterocycles. The van der Waals surface area contributed by atoms with Crippen molar-refractivity contribution >= 4 is 17.4 Å². The first-order chi connectivity index (χ1) is 14.2. The number of carbonyl (C=O) groups is 1. The van der Waals surface area contributed by atoms with Crippen LogP contribution in [0.2, 0.25) is 0 Å². The second-order valence-electron chi connectivity index (χ2n) is 6.92. The Morgan fingerprint density at radius 3 is 2.83 bits per heavy atom. The number of nitrogens with zero attached hydrogens (tertiary/aromatic N) is 5. The maximum Gasteiger partial charge on any atom is 0.229 e. The van der Waals surface area contributed by atoms with Crippen molar-refractivity contribution in [1.29, 1.82) is 0 Å². The lowest BCUT2D eigenvalue weighted by molar-refractivity contribution is -0.120. The van der Waals surface area contributed by atoms with Crippen LogP contribution in [0.25, 0.3) is 5.82 Å². The molecule has 3 aromatic rings. The highest BCUT2D eigenvalue weighted by Gasteiger charge is 2.27. The summed E-state index contributed by atoms with van der Waals surface area (Å²) in [7, 11) is 0. The van der Waals surface area contributed by atoms with E-state index in [1.165, 1.54) is 6.33 Å². The smallest absolute Gasteiger partial charge is 0.229 e. The third-order valence-electron chi connectivity index (χ3n) is 4.93. The summed E-state index contributed by atoms with van der Waals surface area (Å²) in [6, 6.07) is 11.2. The first-order valence-corrected chi connectivity index (χ1v) is 9.83. The molecular weight excluding hydrogens is 368 g/mol. The van der Waals surface area contributed by atoms with Gasteiger partial charge in [0.15, 0.2) is 5.82 Å². The summed E-state index contributed by atoms with van der Waals surface area (Å²) in [6.45, 7) is 4.05. The highest BCUT2D eigenvalue weighted by Crippen LogP contribution is 2.24. The molecular formula is C21H24N6O2. The molecule has 150 valence electrons. The van der Waals surface area contributed by atoms with E-state index in [9.17, 15) is 4.79 Å². The van der Waals surface area contributed by atoms with Crippen LogP contribution in [0.5, 0.6) is 5.75 Å². The van der Waals surface area contributed by atoms with Crippen LogP contribution in [0.1, 0.15) is 19.8 Å². The molecule has 1 atom stereocenters. The van der Waals surface area contributed by atoms with E-state index in [-0.39, 0.29) is 11.8 Å². The van der Waals surface area contributed by atoms with Crippen molar-refractivity contribution in [2.24, 2.45) is 5.92 Å². The average Bonchev–Trinajstić information content (AvgIpc) is 3.31. The second kappa shape index (κ2) is 8.72. The first kappa shape index (κ1) is 18.9. The number of benzene rings is 1. The van der Waals surface area contributed by atoms with Crippen molar-refractivity contribution in [3.8, 4) is 11.6 Å². The van der Waals surface area contributed by atoms with Gasteiger partial charge in [0.2, 0.25) is 5.91 Å². The van der Waals surface area contributed by atoms with Crippen LogP contribution in [0.15, 0.2) is 55.1 Å². The van der Waals surface area contributed by atoms with Gasteiger partial charge in [-0.1, -0.05) is 0 Å². The van der Waals surface area contributed by atoms with E-state index in [2.05, 4.69) is 25.3 Å². The van der Waals surface area contributed by atoms with Gasteiger partial charge in [-0.3, -0.25) is 4.79 Å². The molecule has 1 aliphatic rings. The Labute approximate surface area is 169 Å². The maximum absolute atomic E-state index is 12.8. The van der Waals surface area contributed by atoms with Crippen LogP contribution in [-0.2, 0) is 4.79 Å². The van der Waals surface area contributed by atoms with E-state index in [0.717, 1.165) is 36.6 Å². The monoisotopic (exact) mass is 392 g/mol. The molecule has 29 heavy (non-hydrogen) atoms. The largest absolute Gasteiger partial charge is 0.494 e. The van der Waals surface area contributed by atoms with Gasteiger partial charge >= 0.3 is 0 Å². The summed E-state index contributed by atoms with van der Waals surface area (Å²) in [5.41, 5.74) is 0.776. The molecule has 1 N–H and O–H groups in total. The Balaban J connectivity index is 1.41. The molecule has 4 rings (SSSR count). The number of hydrogen-bond donors (Lipinski definition) is 1. The molecule has 1 aromatic carbocycles. The van der Waals surface area contributed by atoms with E-state index in [1.54, 1.807) is 10.9 Å². The fourth-order valence-corrected chi connectivity index (χ4v) is 3.48. The van der Waals surface area contributed by atoms with Gasteiger partial charge in [0.1, 0.15) is 17.9 Å². The molecule has 0 aliphatic carbocycles. The molecule has 1 saturated heterocycles. The predicted octanol–water partition coefficient (Wildman–Crippen LogP) is 2.92. The Morgan fingerprint density at radius 2 is 2.07 bits per heavy atom. The first-order valence-electron chi connectivity index (χ1n) is 9.83. The topological polar surface area (TPSA) is 85.2 Å². The van der Waals surface area contributed by atoms with Gasteiger partial charge in [0, 0.05) is 37.2 Å². The molecule has 1 unspecified atom stereocenters. The number of nitrogens with one attached hydrogen (secondary N) is 1. The van der Waals surface area contributed by atoms with Crippen LogP contribution in [0.3, 0.4) is 0 Å². The number of anilines is 2. The van der Waals surface area contributed by atoms with Crippen molar-refractivity contribution in [1.82, 2.24) is 19.7 Å². The van der Waals surface area contributed by atoms with Gasteiger partial charge in [0.25, 0.3) is 0 Å². The molecule has 1 aliphatic heterocycles. The molecule has 8 heteroatoms.